The van der Waals surface area contributed by atoms with Crippen molar-refractivity contribution in [2.45, 2.75) is 20.8 Å². The van der Waals surface area contributed by atoms with E-state index in [1.165, 1.54) is 13.8 Å². The molecular weight excluding hydrogens is 259 g/mol. The molecule has 0 heterocycles. The minimum absolute atomic E-state index is 0.397. The SMILES string of the molecule is Cc1cc(Cl)c(NC(=O)C(C)(C)C#N)cc1Cl. The predicted octanol–water partition coefficient (Wildman–Crippen LogP) is 3.79. The number of nitrogens with one attached hydrogen (secondary N) is 1. The maximum atomic E-state index is 11.8. The van der Waals surface area contributed by atoms with Crippen LogP contribution in [-0.2, 0) is 4.79 Å². The minimum Gasteiger partial charge on any atom is -0.323 e. The second-order valence-corrected chi connectivity index (χ2v) is 5.09. The van der Waals surface area contributed by atoms with Crippen molar-refractivity contribution in [3.05, 3.63) is 27.7 Å². The second kappa shape index (κ2) is 4.95. The molecule has 0 spiro atoms. The fourth-order valence-corrected chi connectivity index (χ4v) is 1.50. The van der Waals surface area contributed by atoms with Gasteiger partial charge in [-0.1, -0.05) is 23.2 Å². The molecule has 17 heavy (non-hydrogen) atoms. The summed E-state index contributed by atoms with van der Waals surface area (Å²) in [5.74, 6) is -0.415. The minimum atomic E-state index is -1.11. The average Bonchev–Trinajstić information content (AvgIpc) is 2.25. The number of carbonyl (C=O) groups excluding carboxylic acids is 1. The van der Waals surface area contributed by atoms with Crippen molar-refractivity contribution in [3.8, 4) is 6.07 Å². The molecule has 0 bridgehead atoms. The van der Waals surface area contributed by atoms with Crippen LogP contribution in [0.3, 0.4) is 0 Å². The van der Waals surface area contributed by atoms with E-state index in [1.54, 1.807) is 12.1 Å². The lowest BCUT2D eigenvalue weighted by Crippen LogP contribution is -2.29. The van der Waals surface area contributed by atoms with Gasteiger partial charge in [-0.25, -0.2) is 0 Å². The third kappa shape index (κ3) is 3.12. The van der Waals surface area contributed by atoms with Crippen molar-refractivity contribution in [3.63, 3.8) is 0 Å². The molecule has 0 saturated heterocycles. The molecule has 1 rings (SSSR count). The van der Waals surface area contributed by atoms with E-state index < -0.39 is 11.3 Å². The van der Waals surface area contributed by atoms with Gasteiger partial charge in [0.15, 0.2) is 0 Å². The van der Waals surface area contributed by atoms with Gasteiger partial charge in [0.2, 0.25) is 5.91 Å². The first kappa shape index (κ1) is 13.8. The summed E-state index contributed by atoms with van der Waals surface area (Å²) in [6.45, 7) is 4.89. The summed E-state index contributed by atoms with van der Waals surface area (Å²) in [5.41, 5.74) is 0.130. The first-order valence-corrected chi connectivity index (χ1v) is 5.72. The molecule has 3 nitrogen and oxygen atoms in total. The number of hydrogen-bond donors (Lipinski definition) is 1. The Hall–Kier alpha value is -1.24. The molecule has 1 aromatic carbocycles. The standard InChI is InChI=1S/C12H12Cl2N2O/c1-7-4-9(14)10(5-8(7)13)16-11(17)12(2,3)6-15/h4-5H,1-3H3,(H,16,17). The van der Waals surface area contributed by atoms with Crippen molar-refractivity contribution in [2.75, 3.05) is 5.32 Å². The van der Waals surface area contributed by atoms with E-state index >= 15 is 0 Å². The van der Waals surface area contributed by atoms with E-state index in [0.717, 1.165) is 5.56 Å². The normalized spacial score (nSPS) is 10.8. The number of hydrogen-bond acceptors (Lipinski definition) is 2. The van der Waals surface area contributed by atoms with Crippen LogP contribution in [0.1, 0.15) is 19.4 Å². The largest absolute Gasteiger partial charge is 0.323 e. The molecule has 0 radical (unpaired) electrons. The summed E-state index contributed by atoms with van der Waals surface area (Å²) in [4.78, 5) is 11.8. The fraction of sp³-hybridized carbons (Fsp3) is 0.333. The number of halogens is 2. The summed E-state index contributed by atoms with van der Waals surface area (Å²) in [7, 11) is 0. The smallest absolute Gasteiger partial charge is 0.244 e. The van der Waals surface area contributed by atoms with Gasteiger partial charge in [0.1, 0.15) is 5.41 Å². The van der Waals surface area contributed by atoms with Crippen LogP contribution in [0.5, 0.6) is 0 Å². The predicted molar refractivity (Wildman–Crippen MR) is 69.2 cm³/mol. The van der Waals surface area contributed by atoms with Crippen molar-refractivity contribution < 1.29 is 4.79 Å². The molecule has 5 heteroatoms. The quantitative estimate of drug-likeness (QED) is 0.889. The summed E-state index contributed by atoms with van der Waals surface area (Å²) in [6.07, 6.45) is 0. The van der Waals surface area contributed by atoms with E-state index in [9.17, 15) is 4.79 Å². The lowest BCUT2D eigenvalue weighted by Gasteiger charge is -2.16. The molecule has 1 amide bonds. The molecule has 1 N–H and O–H groups in total. The molecule has 0 saturated carbocycles. The van der Waals surface area contributed by atoms with Crippen molar-refractivity contribution in [1.29, 1.82) is 5.26 Å². The number of carbonyl (C=O) groups is 1. The Labute approximate surface area is 110 Å². The van der Waals surface area contributed by atoms with Crippen LogP contribution < -0.4 is 5.32 Å². The first-order chi connectivity index (χ1) is 7.77. The second-order valence-electron chi connectivity index (χ2n) is 4.27. The topological polar surface area (TPSA) is 52.9 Å². The maximum Gasteiger partial charge on any atom is 0.244 e. The maximum absolute atomic E-state index is 11.8. The molecule has 0 aromatic heterocycles. The highest BCUT2D eigenvalue weighted by Crippen LogP contribution is 2.30. The monoisotopic (exact) mass is 270 g/mol. The number of rotatable bonds is 2. The van der Waals surface area contributed by atoms with Gasteiger partial charge in [-0.05, 0) is 38.5 Å². The van der Waals surface area contributed by atoms with Gasteiger partial charge >= 0.3 is 0 Å². The highest BCUT2D eigenvalue weighted by Gasteiger charge is 2.27. The van der Waals surface area contributed by atoms with Gasteiger partial charge in [-0.2, -0.15) is 5.26 Å². The third-order valence-electron chi connectivity index (χ3n) is 2.34. The Kier molecular flexibility index (Phi) is 4.03. The highest BCUT2D eigenvalue weighted by molar-refractivity contribution is 6.36. The van der Waals surface area contributed by atoms with Crippen molar-refractivity contribution in [2.24, 2.45) is 5.41 Å². The van der Waals surface area contributed by atoms with E-state index in [0.29, 0.717) is 15.7 Å². The van der Waals surface area contributed by atoms with Crippen LogP contribution in [-0.4, -0.2) is 5.91 Å². The van der Waals surface area contributed by atoms with Gasteiger partial charge in [0, 0.05) is 5.02 Å². The van der Waals surface area contributed by atoms with Gasteiger partial charge in [-0.3, -0.25) is 4.79 Å². The van der Waals surface area contributed by atoms with Crippen molar-refractivity contribution in [1.82, 2.24) is 0 Å². The molecule has 0 aliphatic heterocycles. The number of nitrogens with zero attached hydrogens (tertiary/aromatic N) is 1. The number of benzene rings is 1. The van der Waals surface area contributed by atoms with Crippen LogP contribution >= 0.6 is 23.2 Å². The highest BCUT2D eigenvalue weighted by atomic mass is 35.5. The van der Waals surface area contributed by atoms with Crippen molar-refractivity contribution >= 4 is 34.8 Å². The zero-order valence-corrected chi connectivity index (χ0v) is 11.3. The zero-order chi connectivity index (χ0) is 13.2. The van der Waals surface area contributed by atoms with Crippen LogP contribution in [0.2, 0.25) is 10.0 Å². The molecule has 0 fully saturated rings. The van der Waals surface area contributed by atoms with E-state index in [-0.39, 0.29) is 0 Å². The Morgan fingerprint density at radius 3 is 2.47 bits per heavy atom. The first-order valence-electron chi connectivity index (χ1n) is 4.96. The Morgan fingerprint density at radius 2 is 1.94 bits per heavy atom. The van der Waals surface area contributed by atoms with Crippen LogP contribution in [0.4, 0.5) is 5.69 Å². The average molecular weight is 271 g/mol. The van der Waals surface area contributed by atoms with Crippen LogP contribution in [0.15, 0.2) is 12.1 Å². The Balaban J connectivity index is 3.02. The molecule has 0 aliphatic rings. The molecule has 1 aromatic rings. The van der Waals surface area contributed by atoms with Gasteiger partial charge < -0.3 is 5.32 Å². The molecular formula is C12H12Cl2N2O. The third-order valence-corrected chi connectivity index (χ3v) is 3.06. The molecule has 0 aliphatic carbocycles. The number of amides is 1. The van der Waals surface area contributed by atoms with Crippen LogP contribution in [0.25, 0.3) is 0 Å². The number of anilines is 1. The van der Waals surface area contributed by atoms with E-state index in [1.807, 2.05) is 13.0 Å². The lowest BCUT2D eigenvalue weighted by atomic mass is 9.94. The van der Waals surface area contributed by atoms with E-state index in [2.05, 4.69) is 5.32 Å². The van der Waals surface area contributed by atoms with Gasteiger partial charge in [-0.15, -0.1) is 0 Å². The summed E-state index contributed by atoms with van der Waals surface area (Å²) >= 11 is 11.9. The number of nitriles is 1. The molecule has 90 valence electrons. The fourth-order valence-electron chi connectivity index (χ4n) is 1.07. The molecule has 0 atom stereocenters. The summed E-state index contributed by atoms with van der Waals surface area (Å²) in [6, 6.07) is 5.16. The van der Waals surface area contributed by atoms with Gasteiger partial charge in [0.25, 0.3) is 0 Å². The zero-order valence-electron chi connectivity index (χ0n) is 9.77. The molecule has 0 unspecified atom stereocenters. The van der Waals surface area contributed by atoms with Gasteiger partial charge in [0.05, 0.1) is 16.8 Å². The van der Waals surface area contributed by atoms with Crippen LogP contribution in [0, 0.1) is 23.7 Å². The Bertz CT molecular complexity index is 504. The number of aryl methyl sites for hydroxylation is 1. The Morgan fingerprint density at radius 1 is 1.35 bits per heavy atom. The summed E-state index contributed by atoms with van der Waals surface area (Å²) < 4.78 is 0. The summed E-state index contributed by atoms with van der Waals surface area (Å²) in [5, 5.41) is 12.3. The lowest BCUT2D eigenvalue weighted by molar-refractivity contribution is -0.121. The van der Waals surface area contributed by atoms with E-state index in [4.69, 9.17) is 28.5 Å².